The fraction of sp³-hybridized carbons (Fsp3) is 0.900. The van der Waals surface area contributed by atoms with Gasteiger partial charge >= 0.3 is 6.09 Å². The highest BCUT2D eigenvalue weighted by Gasteiger charge is 2.30. The van der Waals surface area contributed by atoms with E-state index in [1.807, 2.05) is 6.92 Å². The van der Waals surface area contributed by atoms with Crippen LogP contribution in [-0.2, 0) is 13.8 Å². The summed E-state index contributed by atoms with van der Waals surface area (Å²) in [7, 11) is 1.78. The molecule has 7 heteroatoms. The Bertz CT molecular complexity index is 349. The molecule has 0 aromatic carbocycles. The molecule has 1 fully saturated rings. The molecule has 1 amide bonds. The van der Waals surface area contributed by atoms with E-state index in [2.05, 4.69) is 0 Å². The van der Waals surface area contributed by atoms with Crippen LogP contribution in [0.2, 0.25) is 0 Å². The number of unbranched alkanes of at least 4 members (excludes halogenated alkanes) is 1. The second-order valence-corrected chi connectivity index (χ2v) is 7.04. The molecule has 1 heterocycles. The van der Waals surface area contributed by atoms with Crippen LogP contribution in [0.5, 0.6) is 0 Å². The highest BCUT2D eigenvalue weighted by atomic mass is 35.7. The van der Waals surface area contributed by atoms with E-state index in [9.17, 15) is 13.2 Å². The highest BCUT2D eigenvalue weighted by molar-refractivity contribution is 8.14. The fourth-order valence-corrected chi connectivity index (χ4v) is 3.02. The highest BCUT2D eigenvalue weighted by Crippen LogP contribution is 2.21. The molecule has 0 unspecified atom stereocenters. The topological polar surface area (TPSA) is 63.7 Å². The first-order valence-corrected chi connectivity index (χ1v) is 8.17. The molecule has 1 aliphatic heterocycles. The monoisotopic (exact) mass is 283 g/mol. The molecule has 0 aromatic heterocycles. The Morgan fingerprint density at radius 2 is 2.00 bits per heavy atom. The van der Waals surface area contributed by atoms with Gasteiger partial charge in [0, 0.05) is 23.8 Å². The quantitative estimate of drug-likeness (QED) is 0.584. The van der Waals surface area contributed by atoms with Gasteiger partial charge in [-0.05, 0) is 19.3 Å². The number of amides is 1. The zero-order valence-electron chi connectivity index (χ0n) is 9.89. The lowest BCUT2D eigenvalue weighted by atomic mass is 10.1. The van der Waals surface area contributed by atoms with Crippen LogP contribution >= 0.6 is 10.7 Å². The summed E-state index contributed by atoms with van der Waals surface area (Å²) < 4.78 is 27.3. The maximum atomic E-state index is 11.6. The first-order valence-electron chi connectivity index (χ1n) is 5.80. The average molecular weight is 284 g/mol. The Morgan fingerprint density at radius 3 is 2.47 bits per heavy atom. The number of halogens is 1. The number of carbonyl (C=O) groups is 1. The molecule has 0 aliphatic carbocycles. The molecule has 0 N–H and O–H groups in total. The van der Waals surface area contributed by atoms with E-state index in [0.29, 0.717) is 32.5 Å². The molecule has 100 valence electrons. The van der Waals surface area contributed by atoms with Gasteiger partial charge in [0.1, 0.15) is 0 Å². The third kappa shape index (κ3) is 4.71. The number of ether oxygens (including phenoxy) is 1. The van der Waals surface area contributed by atoms with Crippen molar-refractivity contribution in [3.63, 3.8) is 0 Å². The summed E-state index contributed by atoms with van der Waals surface area (Å²) in [6.45, 7) is 3.22. The molecule has 17 heavy (non-hydrogen) atoms. The second-order valence-electron chi connectivity index (χ2n) is 4.13. The number of nitrogens with zero attached hydrogens (tertiary/aromatic N) is 1. The molecular formula is C10H18ClNO4S. The lowest BCUT2D eigenvalue weighted by molar-refractivity contribution is 0.0945. The van der Waals surface area contributed by atoms with Gasteiger partial charge in [-0.25, -0.2) is 13.2 Å². The van der Waals surface area contributed by atoms with E-state index in [0.717, 1.165) is 12.8 Å². The van der Waals surface area contributed by atoms with Gasteiger partial charge in [-0.3, -0.25) is 0 Å². The van der Waals surface area contributed by atoms with Crippen molar-refractivity contribution in [3.05, 3.63) is 0 Å². The lowest BCUT2D eigenvalue weighted by Gasteiger charge is -2.29. The van der Waals surface area contributed by atoms with E-state index in [1.165, 1.54) is 4.90 Å². The minimum Gasteiger partial charge on any atom is -0.449 e. The number of hydrogen-bond donors (Lipinski definition) is 0. The summed E-state index contributed by atoms with van der Waals surface area (Å²) >= 11 is 0. The number of piperidine rings is 1. The van der Waals surface area contributed by atoms with E-state index < -0.39 is 14.3 Å². The molecule has 0 atom stereocenters. The number of carbonyl (C=O) groups excluding carboxylic acids is 1. The van der Waals surface area contributed by atoms with Crippen molar-refractivity contribution in [1.29, 1.82) is 0 Å². The molecule has 0 aromatic rings. The van der Waals surface area contributed by atoms with E-state index in [-0.39, 0.29) is 6.09 Å². The summed E-state index contributed by atoms with van der Waals surface area (Å²) in [5.74, 6) is 0. The van der Waals surface area contributed by atoms with Gasteiger partial charge in [0.15, 0.2) is 0 Å². The van der Waals surface area contributed by atoms with Crippen LogP contribution in [0.25, 0.3) is 0 Å². The van der Waals surface area contributed by atoms with Gasteiger partial charge in [0.2, 0.25) is 9.05 Å². The Morgan fingerprint density at radius 1 is 1.41 bits per heavy atom. The van der Waals surface area contributed by atoms with Gasteiger partial charge in [-0.2, -0.15) is 0 Å². The van der Waals surface area contributed by atoms with Gasteiger partial charge in [0.05, 0.1) is 11.9 Å². The third-order valence-corrected chi connectivity index (χ3v) is 4.85. The largest absolute Gasteiger partial charge is 0.449 e. The summed E-state index contributed by atoms with van der Waals surface area (Å²) in [6.07, 6.45) is 2.23. The molecule has 1 rings (SSSR count). The van der Waals surface area contributed by atoms with Gasteiger partial charge < -0.3 is 9.64 Å². The first-order chi connectivity index (χ1) is 7.95. The van der Waals surface area contributed by atoms with Crippen LogP contribution in [-0.4, -0.2) is 44.4 Å². The average Bonchev–Trinajstić information content (AvgIpc) is 2.28. The molecule has 0 saturated carbocycles. The third-order valence-electron chi connectivity index (χ3n) is 2.82. The molecule has 0 bridgehead atoms. The predicted octanol–water partition coefficient (Wildman–Crippen LogP) is 1.96. The fourth-order valence-electron chi connectivity index (χ4n) is 1.72. The van der Waals surface area contributed by atoms with Crippen molar-refractivity contribution in [1.82, 2.24) is 4.90 Å². The summed E-state index contributed by atoms with van der Waals surface area (Å²) in [5.41, 5.74) is 0. The normalized spacial score (nSPS) is 18.1. The SMILES string of the molecule is CCCCOC(=O)N1CCC(S(=O)(=O)Cl)CC1. The van der Waals surface area contributed by atoms with Crippen LogP contribution in [0.1, 0.15) is 32.6 Å². The van der Waals surface area contributed by atoms with E-state index >= 15 is 0 Å². The standard InChI is InChI=1S/C10H18ClNO4S/c1-2-3-8-16-10(13)12-6-4-9(5-7-12)17(11,14)15/h9H,2-8H2,1H3. The van der Waals surface area contributed by atoms with Crippen molar-refractivity contribution in [2.24, 2.45) is 0 Å². The maximum Gasteiger partial charge on any atom is 0.409 e. The summed E-state index contributed by atoms with van der Waals surface area (Å²) in [4.78, 5) is 13.1. The zero-order chi connectivity index (χ0) is 12.9. The lowest BCUT2D eigenvalue weighted by Crippen LogP contribution is -2.41. The van der Waals surface area contributed by atoms with Crippen LogP contribution in [0.4, 0.5) is 4.79 Å². The molecule has 1 saturated heterocycles. The molecule has 0 radical (unpaired) electrons. The first kappa shape index (κ1) is 14.6. The Kier molecular flexibility index (Phi) is 5.52. The second kappa shape index (κ2) is 6.44. The molecule has 0 spiro atoms. The van der Waals surface area contributed by atoms with Crippen molar-refractivity contribution in [2.45, 2.75) is 37.9 Å². The van der Waals surface area contributed by atoms with Crippen molar-refractivity contribution < 1.29 is 17.9 Å². The van der Waals surface area contributed by atoms with Crippen molar-refractivity contribution in [3.8, 4) is 0 Å². The molecule has 1 aliphatic rings. The van der Waals surface area contributed by atoms with Crippen LogP contribution in [0.3, 0.4) is 0 Å². The Hall–Kier alpha value is -0.490. The predicted molar refractivity (Wildman–Crippen MR) is 65.6 cm³/mol. The molecule has 5 nitrogen and oxygen atoms in total. The zero-order valence-corrected chi connectivity index (χ0v) is 11.5. The number of hydrogen-bond acceptors (Lipinski definition) is 4. The smallest absolute Gasteiger partial charge is 0.409 e. The van der Waals surface area contributed by atoms with Crippen LogP contribution in [0, 0.1) is 0 Å². The maximum absolute atomic E-state index is 11.6. The Labute approximate surface area is 106 Å². The van der Waals surface area contributed by atoms with Gasteiger partial charge in [-0.15, -0.1) is 0 Å². The number of rotatable bonds is 4. The van der Waals surface area contributed by atoms with Crippen LogP contribution in [0.15, 0.2) is 0 Å². The summed E-state index contributed by atoms with van der Waals surface area (Å²) in [6, 6.07) is 0. The minimum atomic E-state index is -3.50. The number of likely N-dealkylation sites (tertiary alicyclic amines) is 1. The van der Waals surface area contributed by atoms with Gasteiger partial charge in [0.25, 0.3) is 0 Å². The van der Waals surface area contributed by atoms with Crippen molar-refractivity contribution in [2.75, 3.05) is 19.7 Å². The van der Waals surface area contributed by atoms with E-state index in [4.69, 9.17) is 15.4 Å². The van der Waals surface area contributed by atoms with Crippen LogP contribution < -0.4 is 0 Å². The molecular weight excluding hydrogens is 266 g/mol. The van der Waals surface area contributed by atoms with E-state index in [1.54, 1.807) is 0 Å². The Balaban J connectivity index is 2.34. The summed E-state index contributed by atoms with van der Waals surface area (Å²) in [5, 5.41) is -0.538. The van der Waals surface area contributed by atoms with Gasteiger partial charge in [-0.1, -0.05) is 13.3 Å². The van der Waals surface area contributed by atoms with Crippen molar-refractivity contribution >= 4 is 25.8 Å². The minimum absolute atomic E-state index is 0.358.